The second-order valence-corrected chi connectivity index (χ2v) is 2.57. The van der Waals surface area contributed by atoms with Gasteiger partial charge in [-0.25, -0.2) is 4.79 Å². The van der Waals surface area contributed by atoms with Gasteiger partial charge in [0, 0.05) is 6.61 Å². The minimum Gasteiger partial charge on any atom is -0.380 e. The second kappa shape index (κ2) is 3.93. The number of alkyl halides is 3. The maximum Gasteiger partial charge on any atom is 0.492 e. The van der Waals surface area contributed by atoms with Gasteiger partial charge in [0.2, 0.25) is 0 Å². The number of hydrogen-bond donors (Lipinski definition) is 1. The molecule has 0 aromatic rings. The zero-order valence-corrected chi connectivity index (χ0v) is 6.56. The Bertz CT molecular complexity index is 188. The zero-order valence-electron chi connectivity index (χ0n) is 6.56. The van der Waals surface area contributed by atoms with Crippen LogP contribution in [0.1, 0.15) is 6.42 Å². The van der Waals surface area contributed by atoms with Crippen LogP contribution in [0, 0.1) is 0 Å². The molecular formula is C6H8F3NO3. The first-order valence-corrected chi connectivity index (χ1v) is 3.61. The van der Waals surface area contributed by atoms with Crippen LogP contribution in [0.5, 0.6) is 0 Å². The van der Waals surface area contributed by atoms with E-state index in [1.807, 2.05) is 5.48 Å². The molecule has 0 aromatic carbocycles. The van der Waals surface area contributed by atoms with E-state index in [-0.39, 0.29) is 12.6 Å². The molecular weight excluding hydrogens is 191 g/mol. The van der Waals surface area contributed by atoms with E-state index in [0.29, 0.717) is 13.0 Å². The number of rotatable bonds is 2. The maximum absolute atomic E-state index is 11.6. The minimum absolute atomic E-state index is 0.255. The summed E-state index contributed by atoms with van der Waals surface area (Å²) in [5.74, 6) is -2.24. The highest BCUT2D eigenvalue weighted by Crippen LogP contribution is 2.16. The molecule has 1 saturated heterocycles. The molecule has 1 aliphatic heterocycles. The van der Waals surface area contributed by atoms with Crippen LogP contribution in [-0.4, -0.2) is 31.4 Å². The van der Waals surface area contributed by atoms with E-state index in [1.165, 1.54) is 0 Å². The van der Waals surface area contributed by atoms with Gasteiger partial charge in [-0.3, -0.25) is 0 Å². The third kappa shape index (κ3) is 3.19. The summed E-state index contributed by atoms with van der Waals surface area (Å²) in [5.41, 5.74) is 1.99. The lowest BCUT2D eigenvalue weighted by molar-refractivity contribution is -0.208. The SMILES string of the molecule is O=C(ONC1CCOC1)C(F)(F)F. The van der Waals surface area contributed by atoms with Gasteiger partial charge < -0.3 is 9.57 Å². The molecule has 1 atom stereocenters. The normalized spacial score (nSPS) is 23.2. The van der Waals surface area contributed by atoms with Crippen molar-refractivity contribution in [2.24, 2.45) is 0 Å². The van der Waals surface area contributed by atoms with Crippen molar-refractivity contribution in [1.82, 2.24) is 5.48 Å². The zero-order chi connectivity index (χ0) is 9.90. The summed E-state index contributed by atoms with van der Waals surface area (Å²) in [7, 11) is 0. The minimum atomic E-state index is -4.95. The number of hydroxylamine groups is 1. The lowest BCUT2D eigenvalue weighted by atomic mass is 10.3. The van der Waals surface area contributed by atoms with Gasteiger partial charge in [-0.1, -0.05) is 0 Å². The van der Waals surface area contributed by atoms with Gasteiger partial charge in [0.1, 0.15) is 0 Å². The Hall–Kier alpha value is -0.820. The topological polar surface area (TPSA) is 47.6 Å². The smallest absolute Gasteiger partial charge is 0.380 e. The van der Waals surface area contributed by atoms with Gasteiger partial charge in [0.05, 0.1) is 12.6 Å². The van der Waals surface area contributed by atoms with E-state index < -0.39 is 12.1 Å². The molecule has 1 rings (SSSR count). The van der Waals surface area contributed by atoms with Crippen molar-refractivity contribution >= 4 is 5.97 Å². The fourth-order valence-corrected chi connectivity index (χ4v) is 0.822. The van der Waals surface area contributed by atoms with Gasteiger partial charge in [0.25, 0.3) is 0 Å². The van der Waals surface area contributed by atoms with Gasteiger partial charge >= 0.3 is 12.1 Å². The molecule has 0 spiro atoms. The third-order valence-electron chi connectivity index (χ3n) is 1.48. The van der Waals surface area contributed by atoms with E-state index in [4.69, 9.17) is 4.74 Å². The molecule has 13 heavy (non-hydrogen) atoms. The van der Waals surface area contributed by atoms with Crippen LogP contribution in [0.4, 0.5) is 13.2 Å². The Morgan fingerprint density at radius 3 is 2.69 bits per heavy atom. The standard InChI is InChI=1S/C6H8F3NO3/c7-6(8,9)5(11)13-10-4-1-2-12-3-4/h4,10H,1-3H2. The molecule has 0 bridgehead atoms. The first-order chi connectivity index (χ1) is 6.00. The largest absolute Gasteiger partial charge is 0.492 e. The Morgan fingerprint density at radius 2 is 2.23 bits per heavy atom. The second-order valence-electron chi connectivity index (χ2n) is 2.57. The van der Waals surface area contributed by atoms with Crippen molar-refractivity contribution in [3.8, 4) is 0 Å². The number of hydrogen-bond acceptors (Lipinski definition) is 4. The molecule has 1 heterocycles. The van der Waals surface area contributed by atoms with E-state index >= 15 is 0 Å². The Morgan fingerprint density at radius 1 is 1.54 bits per heavy atom. The summed E-state index contributed by atoms with van der Waals surface area (Å²) in [5, 5.41) is 0. The summed E-state index contributed by atoms with van der Waals surface area (Å²) < 4.78 is 39.6. The first kappa shape index (κ1) is 10.3. The molecule has 7 heteroatoms. The molecule has 1 N–H and O–H groups in total. The van der Waals surface area contributed by atoms with E-state index in [9.17, 15) is 18.0 Å². The lowest BCUT2D eigenvalue weighted by Gasteiger charge is -2.11. The van der Waals surface area contributed by atoms with Crippen LogP contribution in [0.15, 0.2) is 0 Å². The third-order valence-corrected chi connectivity index (χ3v) is 1.48. The van der Waals surface area contributed by atoms with Gasteiger partial charge in [0.15, 0.2) is 0 Å². The van der Waals surface area contributed by atoms with Crippen LogP contribution >= 0.6 is 0 Å². The quantitative estimate of drug-likeness (QED) is 0.653. The number of ether oxygens (including phenoxy) is 1. The van der Waals surface area contributed by atoms with Crippen molar-refractivity contribution in [1.29, 1.82) is 0 Å². The van der Waals surface area contributed by atoms with Crippen molar-refractivity contribution in [2.45, 2.75) is 18.6 Å². The number of nitrogens with one attached hydrogen (secondary N) is 1. The summed E-state index contributed by atoms with van der Waals surface area (Å²) >= 11 is 0. The van der Waals surface area contributed by atoms with Crippen molar-refractivity contribution in [3.63, 3.8) is 0 Å². The fraction of sp³-hybridized carbons (Fsp3) is 0.833. The molecule has 76 valence electrons. The van der Waals surface area contributed by atoms with Crippen LogP contribution in [-0.2, 0) is 14.4 Å². The molecule has 0 saturated carbocycles. The molecule has 0 aromatic heterocycles. The average molecular weight is 199 g/mol. The molecule has 1 unspecified atom stereocenters. The molecule has 0 radical (unpaired) electrons. The van der Waals surface area contributed by atoms with Crippen molar-refractivity contribution in [2.75, 3.05) is 13.2 Å². The van der Waals surface area contributed by atoms with Crippen molar-refractivity contribution in [3.05, 3.63) is 0 Å². The maximum atomic E-state index is 11.6. The van der Waals surface area contributed by atoms with E-state index in [2.05, 4.69) is 4.84 Å². The summed E-state index contributed by atoms with van der Waals surface area (Å²) in [6.07, 6.45) is -4.42. The van der Waals surface area contributed by atoms with Gasteiger partial charge in [-0.05, 0) is 6.42 Å². The highest BCUT2D eigenvalue weighted by atomic mass is 19.4. The monoisotopic (exact) mass is 199 g/mol. The predicted octanol–water partition coefficient (Wildman–Crippen LogP) is 0.385. The molecule has 4 nitrogen and oxygen atoms in total. The summed E-state index contributed by atoms with van der Waals surface area (Å²) in [4.78, 5) is 14.0. The Balaban J connectivity index is 2.22. The summed E-state index contributed by atoms with van der Waals surface area (Å²) in [6.45, 7) is 0.715. The average Bonchev–Trinajstić information content (AvgIpc) is 2.50. The van der Waals surface area contributed by atoms with Crippen LogP contribution in [0.3, 0.4) is 0 Å². The number of carbonyl (C=O) groups is 1. The van der Waals surface area contributed by atoms with Gasteiger partial charge in [-0.15, -0.1) is 5.48 Å². The van der Waals surface area contributed by atoms with E-state index in [0.717, 1.165) is 0 Å². The van der Waals surface area contributed by atoms with Crippen molar-refractivity contribution < 1.29 is 27.5 Å². The molecule has 1 fully saturated rings. The number of halogens is 3. The molecule has 1 aliphatic rings. The summed E-state index contributed by atoms with van der Waals surface area (Å²) in [6, 6.07) is -0.341. The fourth-order valence-electron chi connectivity index (χ4n) is 0.822. The lowest BCUT2D eigenvalue weighted by Crippen LogP contribution is -2.37. The Kier molecular flexibility index (Phi) is 3.10. The van der Waals surface area contributed by atoms with Gasteiger partial charge in [-0.2, -0.15) is 13.2 Å². The molecule has 0 amide bonds. The Labute approximate surface area is 71.9 Å². The first-order valence-electron chi connectivity index (χ1n) is 3.61. The van der Waals surface area contributed by atoms with E-state index in [1.54, 1.807) is 0 Å². The number of carbonyl (C=O) groups excluding carboxylic acids is 1. The van der Waals surface area contributed by atoms with Crippen LogP contribution in [0.25, 0.3) is 0 Å². The highest BCUT2D eigenvalue weighted by Gasteiger charge is 2.41. The molecule has 0 aliphatic carbocycles. The van der Waals surface area contributed by atoms with Crippen LogP contribution < -0.4 is 5.48 Å². The highest BCUT2D eigenvalue weighted by molar-refractivity contribution is 5.75. The predicted molar refractivity (Wildman–Crippen MR) is 34.5 cm³/mol. The van der Waals surface area contributed by atoms with Crippen LogP contribution in [0.2, 0.25) is 0 Å².